The van der Waals surface area contributed by atoms with E-state index >= 15 is 0 Å². The Morgan fingerprint density at radius 3 is 2.89 bits per heavy atom. The van der Waals surface area contributed by atoms with E-state index in [1.807, 2.05) is 23.3 Å². The van der Waals surface area contributed by atoms with Crippen LogP contribution < -0.4 is 5.32 Å². The van der Waals surface area contributed by atoms with Gasteiger partial charge in [-0.1, -0.05) is 19.3 Å². The number of amides is 2. The van der Waals surface area contributed by atoms with Crippen molar-refractivity contribution in [3.63, 3.8) is 0 Å². The molecule has 2 N–H and O–H groups in total. The molecule has 1 fully saturated rings. The van der Waals surface area contributed by atoms with Gasteiger partial charge in [0.15, 0.2) is 5.69 Å². The van der Waals surface area contributed by atoms with Crippen LogP contribution in [0.2, 0.25) is 0 Å². The van der Waals surface area contributed by atoms with Gasteiger partial charge in [-0.25, -0.2) is 0 Å². The molecule has 2 aromatic heterocycles. The summed E-state index contributed by atoms with van der Waals surface area (Å²) in [5.41, 5.74) is 3.30. The van der Waals surface area contributed by atoms with Gasteiger partial charge in [-0.2, -0.15) is 5.10 Å². The summed E-state index contributed by atoms with van der Waals surface area (Å²) in [5.74, 6) is 0.500. The molecule has 0 saturated heterocycles. The number of aryl methyl sites for hydroxylation is 1. The summed E-state index contributed by atoms with van der Waals surface area (Å²) in [6.07, 6.45) is 6.93. The van der Waals surface area contributed by atoms with Crippen molar-refractivity contribution in [3.8, 4) is 0 Å². The Kier molecular flexibility index (Phi) is 5.29. The van der Waals surface area contributed by atoms with Crippen LogP contribution in [0.4, 0.5) is 0 Å². The Hall–Kier alpha value is -2.15. The van der Waals surface area contributed by atoms with Crippen LogP contribution in [0, 0.1) is 12.8 Å². The van der Waals surface area contributed by atoms with Crippen molar-refractivity contribution in [2.75, 3.05) is 13.1 Å². The molecule has 7 heteroatoms. The van der Waals surface area contributed by atoms with Crippen molar-refractivity contribution in [2.24, 2.45) is 5.92 Å². The van der Waals surface area contributed by atoms with E-state index in [-0.39, 0.29) is 11.8 Å². The van der Waals surface area contributed by atoms with E-state index in [0.717, 1.165) is 28.2 Å². The van der Waals surface area contributed by atoms with E-state index in [4.69, 9.17) is 0 Å². The third kappa shape index (κ3) is 3.78. The first kappa shape index (κ1) is 18.2. The largest absolute Gasteiger partial charge is 0.350 e. The van der Waals surface area contributed by atoms with E-state index in [2.05, 4.69) is 15.5 Å². The van der Waals surface area contributed by atoms with Gasteiger partial charge in [-0.15, -0.1) is 11.3 Å². The van der Waals surface area contributed by atoms with E-state index in [1.165, 1.54) is 43.4 Å². The maximum absolute atomic E-state index is 12.8. The number of rotatable bonds is 4. The van der Waals surface area contributed by atoms with Crippen molar-refractivity contribution >= 4 is 23.2 Å². The molecular weight excluding hydrogens is 360 g/mol. The van der Waals surface area contributed by atoms with Crippen LogP contribution in [-0.4, -0.2) is 40.0 Å². The van der Waals surface area contributed by atoms with Gasteiger partial charge >= 0.3 is 0 Å². The quantitative estimate of drug-likeness (QED) is 0.846. The summed E-state index contributed by atoms with van der Waals surface area (Å²) in [6.45, 7) is 3.77. The lowest BCUT2D eigenvalue weighted by molar-refractivity contribution is 0.0735. The molecule has 2 aromatic rings. The van der Waals surface area contributed by atoms with Gasteiger partial charge in [0.05, 0.1) is 11.4 Å². The van der Waals surface area contributed by atoms with Crippen molar-refractivity contribution in [3.05, 3.63) is 38.8 Å². The zero-order valence-corrected chi connectivity index (χ0v) is 16.5. The molecule has 0 spiro atoms. The van der Waals surface area contributed by atoms with Gasteiger partial charge in [0.25, 0.3) is 11.8 Å². The normalized spacial score (nSPS) is 17.6. The van der Waals surface area contributed by atoms with E-state index in [0.29, 0.717) is 31.1 Å². The first-order valence-electron chi connectivity index (χ1n) is 9.81. The molecule has 1 aliphatic heterocycles. The number of nitrogens with zero attached hydrogens (tertiary/aromatic N) is 2. The monoisotopic (exact) mass is 386 g/mol. The maximum Gasteiger partial charge on any atom is 0.272 e. The van der Waals surface area contributed by atoms with Crippen molar-refractivity contribution in [1.82, 2.24) is 20.4 Å². The minimum absolute atomic E-state index is 0.0444. The minimum atomic E-state index is -0.125. The van der Waals surface area contributed by atoms with E-state index in [1.54, 1.807) is 0 Å². The second kappa shape index (κ2) is 7.84. The molecule has 0 aromatic carbocycles. The molecule has 4 rings (SSSR count). The van der Waals surface area contributed by atoms with Gasteiger partial charge in [0.2, 0.25) is 0 Å². The highest BCUT2D eigenvalue weighted by Crippen LogP contribution is 2.26. The molecule has 1 aliphatic carbocycles. The van der Waals surface area contributed by atoms with Crippen molar-refractivity contribution in [1.29, 1.82) is 0 Å². The zero-order chi connectivity index (χ0) is 18.8. The average molecular weight is 387 g/mol. The number of nitrogens with one attached hydrogen (secondary N) is 2. The molecule has 0 radical (unpaired) electrons. The third-order valence-corrected chi connectivity index (χ3v) is 6.77. The number of H-pyrrole nitrogens is 1. The van der Waals surface area contributed by atoms with Crippen LogP contribution >= 0.6 is 11.3 Å². The average Bonchev–Trinajstić information content (AvgIpc) is 3.32. The summed E-state index contributed by atoms with van der Waals surface area (Å²) in [6, 6.07) is 1.97. The lowest BCUT2D eigenvalue weighted by atomic mass is 9.89. The van der Waals surface area contributed by atoms with E-state index in [9.17, 15) is 9.59 Å². The van der Waals surface area contributed by atoms with Gasteiger partial charge in [-0.05, 0) is 42.7 Å². The van der Waals surface area contributed by atoms with Gasteiger partial charge < -0.3 is 10.2 Å². The Balaban J connectivity index is 1.44. The maximum atomic E-state index is 12.8. The number of aromatic nitrogens is 2. The lowest BCUT2D eigenvalue weighted by Gasteiger charge is -2.27. The highest BCUT2D eigenvalue weighted by molar-refractivity contribution is 7.12. The fourth-order valence-corrected chi connectivity index (χ4v) is 5.00. The number of hydrogen-bond donors (Lipinski definition) is 2. The molecule has 2 amide bonds. The van der Waals surface area contributed by atoms with Gasteiger partial charge in [-0.3, -0.25) is 14.7 Å². The summed E-state index contributed by atoms with van der Waals surface area (Å²) in [5, 5.41) is 12.3. The molecule has 0 unspecified atom stereocenters. The predicted molar refractivity (Wildman–Crippen MR) is 105 cm³/mol. The number of carbonyl (C=O) groups excluding carboxylic acids is 2. The first-order chi connectivity index (χ1) is 13.1. The van der Waals surface area contributed by atoms with Crippen LogP contribution in [0.5, 0.6) is 0 Å². The molecule has 1 saturated carbocycles. The number of aromatic amines is 1. The fraction of sp³-hybridized carbons (Fsp3) is 0.550. The number of carbonyl (C=O) groups is 2. The lowest BCUT2D eigenvalue weighted by Crippen LogP contribution is -2.37. The topological polar surface area (TPSA) is 78.1 Å². The summed E-state index contributed by atoms with van der Waals surface area (Å²) >= 11 is 1.48. The first-order valence-corrected chi connectivity index (χ1v) is 10.7. The summed E-state index contributed by atoms with van der Waals surface area (Å²) in [4.78, 5) is 28.1. The van der Waals surface area contributed by atoms with Crippen LogP contribution in [0.1, 0.15) is 69.1 Å². The molecular formula is C20H26N4O2S. The molecule has 3 heterocycles. The smallest absolute Gasteiger partial charge is 0.272 e. The Bertz CT molecular complexity index is 835. The van der Waals surface area contributed by atoms with Gasteiger partial charge in [0, 0.05) is 30.8 Å². The van der Waals surface area contributed by atoms with Crippen LogP contribution in [0.25, 0.3) is 0 Å². The van der Waals surface area contributed by atoms with Crippen LogP contribution in [-0.2, 0) is 13.0 Å². The van der Waals surface area contributed by atoms with Crippen LogP contribution in [0.15, 0.2) is 11.4 Å². The molecule has 144 valence electrons. The molecule has 27 heavy (non-hydrogen) atoms. The minimum Gasteiger partial charge on any atom is -0.350 e. The van der Waals surface area contributed by atoms with Crippen molar-refractivity contribution < 1.29 is 9.59 Å². The Labute approximate surface area is 163 Å². The molecule has 6 nitrogen and oxygen atoms in total. The molecule has 0 bridgehead atoms. The second-order valence-electron chi connectivity index (χ2n) is 7.65. The third-order valence-electron chi connectivity index (χ3n) is 5.77. The van der Waals surface area contributed by atoms with Crippen molar-refractivity contribution in [2.45, 2.75) is 52.0 Å². The standard InChI is InChI=1S/C20H26N4O2S/c1-13-8-10-27-18(13)20(26)24-9-7-16-15(12-24)17(23-22-16)19(25)21-11-14-5-3-2-4-6-14/h8,10,14H,2-7,9,11-12H2,1H3,(H,21,25)(H,22,23). The Morgan fingerprint density at radius 2 is 2.15 bits per heavy atom. The summed E-state index contributed by atoms with van der Waals surface area (Å²) < 4.78 is 0. The summed E-state index contributed by atoms with van der Waals surface area (Å²) in [7, 11) is 0. The Morgan fingerprint density at radius 1 is 1.33 bits per heavy atom. The van der Waals surface area contributed by atoms with Gasteiger partial charge in [0.1, 0.15) is 0 Å². The predicted octanol–water partition coefficient (Wildman–Crippen LogP) is 3.29. The number of thiophene rings is 1. The van der Waals surface area contributed by atoms with E-state index < -0.39 is 0 Å². The molecule has 2 aliphatic rings. The number of hydrogen-bond acceptors (Lipinski definition) is 4. The highest BCUT2D eigenvalue weighted by Gasteiger charge is 2.29. The van der Waals surface area contributed by atoms with Crippen LogP contribution in [0.3, 0.4) is 0 Å². The SMILES string of the molecule is Cc1ccsc1C(=O)N1CCc2[nH]nc(C(=O)NCC3CCCCC3)c2C1. The molecule has 0 atom stereocenters. The highest BCUT2D eigenvalue weighted by atomic mass is 32.1. The number of fused-ring (bicyclic) bond motifs is 1. The second-order valence-corrected chi connectivity index (χ2v) is 8.57. The fourth-order valence-electron chi connectivity index (χ4n) is 4.10. The zero-order valence-electron chi connectivity index (χ0n) is 15.7.